The largest absolute Gasteiger partial charge is 0.325 e. The molecule has 1 aromatic heterocycles. The number of anilines is 1. The van der Waals surface area contributed by atoms with Crippen molar-refractivity contribution >= 4 is 69.9 Å². The highest BCUT2D eigenvalue weighted by Crippen LogP contribution is 2.27. The van der Waals surface area contributed by atoms with Gasteiger partial charge in [0.05, 0.1) is 11.5 Å². The van der Waals surface area contributed by atoms with Crippen LogP contribution in [0.1, 0.15) is 17.0 Å². The number of carbonyl (C=O) groups excluding carboxylic acids is 1. The number of hydrogen-bond donors (Lipinski definition) is 1. The fourth-order valence-corrected chi connectivity index (χ4v) is 5.09. The predicted molar refractivity (Wildman–Crippen MR) is 128 cm³/mol. The quantitative estimate of drug-likeness (QED) is 0.370. The molecule has 0 aliphatic heterocycles. The van der Waals surface area contributed by atoms with Gasteiger partial charge in [0, 0.05) is 33.6 Å². The third-order valence-corrected chi connectivity index (χ3v) is 7.04. The van der Waals surface area contributed by atoms with Crippen LogP contribution in [0.25, 0.3) is 0 Å². The van der Waals surface area contributed by atoms with Crippen LogP contribution >= 0.6 is 58.3 Å². The lowest BCUT2D eigenvalue weighted by atomic mass is 10.2. The molecule has 30 heavy (non-hydrogen) atoms. The molecule has 0 aliphatic carbocycles. The first kappa shape index (κ1) is 23.3. The molecule has 5 nitrogen and oxygen atoms in total. The zero-order chi connectivity index (χ0) is 21.7. The van der Waals surface area contributed by atoms with Crippen LogP contribution in [0.5, 0.6) is 0 Å². The van der Waals surface area contributed by atoms with E-state index in [2.05, 4.69) is 15.5 Å². The summed E-state index contributed by atoms with van der Waals surface area (Å²) in [5.41, 5.74) is 2.69. The standard InChI is InChI=1S/C20H19Cl3N4OS2/c1-12-7-14(21)5-6-17(12)24-19(28)11-30-20-26-25-18(27(20)2)10-29-9-13-3-4-15(22)8-16(13)23/h3-8H,9-11H2,1-2H3,(H,24,28). The molecule has 10 heteroatoms. The number of aryl methyl sites for hydroxylation is 1. The molecule has 1 amide bonds. The minimum atomic E-state index is -0.110. The molecule has 0 aliphatic rings. The molecule has 2 aromatic carbocycles. The van der Waals surface area contributed by atoms with Gasteiger partial charge in [-0.15, -0.1) is 22.0 Å². The lowest BCUT2D eigenvalue weighted by Gasteiger charge is -2.08. The van der Waals surface area contributed by atoms with Gasteiger partial charge in [-0.05, 0) is 48.4 Å². The summed E-state index contributed by atoms with van der Waals surface area (Å²) in [5, 5.41) is 14.0. The Kier molecular flexibility index (Phi) is 8.36. The molecule has 0 unspecified atom stereocenters. The van der Waals surface area contributed by atoms with Crippen LogP contribution in [0.2, 0.25) is 15.1 Å². The van der Waals surface area contributed by atoms with Gasteiger partial charge in [0.15, 0.2) is 5.16 Å². The van der Waals surface area contributed by atoms with E-state index >= 15 is 0 Å². The van der Waals surface area contributed by atoms with Gasteiger partial charge in [-0.1, -0.05) is 52.6 Å². The van der Waals surface area contributed by atoms with E-state index in [0.717, 1.165) is 28.4 Å². The molecule has 0 atom stereocenters. The first-order valence-corrected chi connectivity index (χ1v) is 12.2. The summed E-state index contributed by atoms with van der Waals surface area (Å²) in [6, 6.07) is 10.9. The van der Waals surface area contributed by atoms with Gasteiger partial charge in [0.1, 0.15) is 5.82 Å². The Morgan fingerprint density at radius 1 is 1.07 bits per heavy atom. The van der Waals surface area contributed by atoms with E-state index in [4.69, 9.17) is 34.8 Å². The summed E-state index contributed by atoms with van der Waals surface area (Å²) in [7, 11) is 1.90. The zero-order valence-electron chi connectivity index (χ0n) is 16.3. The second kappa shape index (κ2) is 10.8. The summed E-state index contributed by atoms with van der Waals surface area (Å²) in [5.74, 6) is 2.39. The molecule has 0 bridgehead atoms. The molecule has 1 N–H and O–H groups in total. The summed E-state index contributed by atoms with van der Waals surface area (Å²) < 4.78 is 1.90. The first-order valence-electron chi connectivity index (χ1n) is 8.92. The SMILES string of the molecule is Cc1cc(Cl)ccc1NC(=O)CSc1nnc(CSCc2ccc(Cl)cc2Cl)n1C. The number of rotatable bonds is 8. The molecule has 0 saturated heterocycles. The van der Waals surface area contributed by atoms with Crippen LogP contribution in [-0.2, 0) is 23.3 Å². The number of carbonyl (C=O) groups is 1. The number of thioether (sulfide) groups is 2. The van der Waals surface area contributed by atoms with Crippen molar-refractivity contribution in [2.75, 3.05) is 11.1 Å². The lowest BCUT2D eigenvalue weighted by molar-refractivity contribution is -0.113. The number of aromatic nitrogens is 3. The molecule has 3 aromatic rings. The second-order valence-electron chi connectivity index (χ2n) is 6.48. The average molecular weight is 502 g/mol. The Hall–Kier alpha value is -1.38. The van der Waals surface area contributed by atoms with Crippen molar-refractivity contribution in [3.05, 3.63) is 68.4 Å². The van der Waals surface area contributed by atoms with Crippen LogP contribution in [0, 0.1) is 6.92 Å². The highest BCUT2D eigenvalue weighted by Gasteiger charge is 2.13. The van der Waals surface area contributed by atoms with Crippen molar-refractivity contribution in [2.45, 2.75) is 23.6 Å². The Morgan fingerprint density at radius 2 is 1.80 bits per heavy atom. The number of halogens is 3. The van der Waals surface area contributed by atoms with Gasteiger partial charge in [-0.3, -0.25) is 4.79 Å². The summed E-state index contributed by atoms with van der Waals surface area (Å²) >= 11 is 21.1. The molecule has 0 radical (unpaired) electrons. The van der Waals surface area contributed by atoms with Crippen molar-refractivity contribution in [3.8, 4) is 0 Å². The Morgan fingerprint density at radius 3 is 2.53 bits per heavy atom. The first-order chi connectivity index (χ1) is 14.3. The van der Waals surface area contributed by atoms with Gasteiger partial charge >= 0.3 is 0 Å². The van der Waals surface area contributed by atoms with Crippen LogP contribution in [0.15, 0.2) is 41.6 Å². The van der Waals surface area contributed by atoms with Crippen LogP contribution in [-0.4, -0.2) is 26.4 Å². The zero-order valence-corrected chi connectivity index (χ0v) is 20.2. The van der Waals surface area contributed by atoms with E-state index in [0.29, 0.717) is 26.0 Å². The van der Waals surface area contributed by atoms with Gasteiger partial charge < -0.3 is 9.88 Å². The van der Waals surface area contributed by atoms with Gasteiger partial charge in [-0.2, -0.15) is 0 Å². The highest BCUT2D eigenvalue weighted by atomic mass is 35.5. The predicted octanol–water partition coefficient (Wildman–Crippen LogP) is 6.25. The normalized spacial score (nSPS) is 11.0. The molecule has 0 saturated carbocycles. The highest BCUT2D eigenvalue weighted by molar-refractivity contribution is 7.99. The van der Waals surface area contributed by atoms with Crippen LogP contribution < -0.4 is 5.32 Å². The fourth-order valence-electron chi connectivity index (χ4n) is 2.57. The maximum atomic E-state index is 12.3. The van der Waals surface area contributed by atoms with Crippen LogP contribution in [0.4, 0.5) is 5.69 Å². The number of amides is 1. The Balaban J connectivity index is 1.50. The number of hydrogen-bond acceptors (Lipinski definition) is 5. The van der Waals surface area contributed by atoms with Crippen molar-refractivity contribution in [1.29, 1.82) is 0 Å². The second-order valence-corrected chi connectivity index (χ2v) is 9.69. The topological polar surface area (TPSA) is 59.8 Å². The molecular formula is C20H19Cl3N4OS2. The summed E-state index contributed by atoms with van der Waals surface area (Å²) in [4.78, 5) is 12.3. The van der Waals surface area contributed by atoms with Crippen LogP contribution in [0.3, 0.4) is 0 Å². The number of benzene rings is 2. The lowest BCUT2D eigenvalue weighted by Crippen LogP contribution is -2.15. The average Bonchev–Trinajstić information content (AvgIpc) is 3.04. The smallest absolute Gasteiger partial charge is 0.234 e. The molecular weight excluding hydrogens is 483 g/mol. The summed E-state index contributed by atoms with van der Waals surface area (Å²) in [6.45, 7) is 1.90. The number of nitrogens with zero attached hydrogens (tertiary/aromatic N) is 3. The Bertz CT molecular complexity index is 1060. The summed E-state index contributed by atoms with van der Waals surface area (Å²) in [6.07, 6.45) is 0. The molecule has 0 spiro atoms. The third kappa shape index (κ3) is 6.31. The van der Waals surface area contributed by atoms with E-state index in [1.807, 2.05) is 36.7 Å². The molecule has 158 valence electrons. The van der Waals surface area contributed by atoms with E-state index in [-0.39, 0.29) is 11.7 Å². The van der Waals surface area contributed by atoms with E-state index in [9.17, 15) is 4.79 Å². The third-order valence-electron chi connectivity index (χ3n) is 4.22. The van der Waals surface area contributed by atoms with Gasteiger partial charge in [0.2, 0.25) is 5.91 Å². The van der Waals surface area contributed by atoms with E-state index in [1.165, 1.54) is 11.8 Å². The molecule has 3 rings (SSSR count). The maximum absolute atomic E-state index is 12.3. The van der Waals surface area contributed by atoms with E-state index in [1.54, 1.807) is 30.0 Å². The fraction of sp³-hybridized carbons (Fsp3) is 0.250. The van der Waals surface area contributed by atoms with Gasteiger partial charge in [0.25, 0.3) is 0 Å². The minimum absolute atomic E-state index is 0.110. The van der Waals surface area contributed by atoms with Crippen molar-refractivity contribution in [2.24, 2.45) is 7.05 Å². The monoisotopic (exact) mass is 500 g/mol. The molecule has 1 heterocycles. The van der Waals surface area contributed by atoms with Crippen molar-refractivity contribution < 1.29 is 4.79 Å². The maximum Gasteiger partial charge on any atom is 0.234 e. The Labute approximate surface area is 198 Å². The van der Waals surface area contributed by atoms with E-state index < -0.39 is 0 Å². The molecule has 0 fully saturated rings. The van der Waals surface area contributed by atoms with Gasteiger partial charge in [-0.25, -0.2) is 0 Å². The minimum Gasteiger partial charge on any atom is -0.325 e. The van der Waals surface area contributed by atoms with Crippen molar-refractivity contribution in [3.63, 3.8) is 0 Å². The van der Waals surface area contributed by atoms with Crippen molar-refractivity contribution in [1.82, 2.24) is 14.8 Å². The number of nitrogens with one attached hydrogen (secondary N) is 1.